The standard InChI is InChI=1S/C14H28Si/c1-2-15(13-9-5-3-6-10-13)14-11-7-4-8-12-14/h13-15H,2-12H2,1H3. The Bertz CT molecular complexity index is 148. The molecule has 0 nitrogen and oxygen atoms in total. The number of rotatable bonds is 3. The quantitative estimate of drug-likeness (QED) is 0.598. The average molecular weight is 224 g/mol. The second-order valence-corrected chi connectivity index (χ2v) is 9.90. The van der Waals surface area contributed by atoms with Crippen LogP contribution in [-0.2, 0) is 0 Å². The monoisotopic (exact) mass is 224 g/mol. The second-order valence-electron chi connectivity index (χ2n) is 5.87. The Labute approximate surface area is 97.4 Å². The normalized spacial score (nSPS) is 26.0. The van der Waals surface area contributed by atoms with Gasteiger partial charge in [-0.1, -0.05) is 77.2 Å². The average Bonchev–Trinajstić information content (AvgIpc) is 2.33. The van der Waals surface area contributed by atoms with E-state index in [1.54, 1.807) is 57.4 Å². The molecule has 2 fully saturated rings. The zero-order chi connectivity index (χ0) is 10.5. The van der Waals surface area contributed by atoms with Gasteiger partial charge in [0.15, 0.2) is 0 Å². The van der Waals surface area contributed by atoms with Gasteiger partial charge in [0.2, 0.25) is 0 Å². The van der Waals surface area contributed by atoms with E-state index in [1.807, 2.05) is 0 Å². The van der Waals surface area contributed by atoms with Crippen molar-refractivity contribution in [1.29, 1.82) is 0 Å². The molecule has 0 saturated heterocycles. The van der Waals surface area contributed by atoms with E-state index >= 15 is 0 Å². The van der Waals surface area contributed by atoms with E-state index in [4.69, 9.17) is 0 Å². The van der Waals surface area contributed by atoms with E-state index in [1.165, 1.54) is 23.9 Å². The van der Waals surface area contributed by atoms with Gasteiger partial charge in [-0.15, -0.1) is 0 Å². The Hall–Kier alpha value is 0.217. The lowest BCUT2D eigenvalue weighted by atomic mass is 9.99. The van der Waals surface area contributed by atoms with Gasteiger partial charge < -0.3 is 0 Å². The fraction of sp³-hybridized carbons (Fsp3) is 1.00. The highest BCUT2D eigenvalue weighted by molar-refractivity contribution is 6.62. The molecular formula is C14H28Si. The van der Waals surface area contributed by atoms with Crippen LogP contribution in [0.4, 0.5) is 0 Å². The molecule has 0 atom stereocenters. The van der Waals surface area contributed by atoms with Gasteiger partial charge in [0, 0.05) is 8.80 Å². The maximum Gasteiger partial charge on any atom is 0.0427 e. The fourth-order valence-corrected chi connectivity index (χ4v) is 8.93. The second kappa shape index (κ2) is 6.08. The molecule has 15 heavy (non-hydrogen) atoms. The Morgan fingerprint density at radius 3 is 1.47 bits per heavy atom. The van der Waals surface area contributed by atoms with E-state index in [9.17, 15) is 0 Å². The van der Waals surface area contributed by atoms with Crippen LogP contribution in [0, 0.1) is 0 Å². The molecule has 1 heteroatoms. The lowest BCUT2D eigenvalue weighted by Crippen LogP contribution is -2.29. The maximum absolute atomic E-state index is 2.50. The summed E-state index contributed by atoms with van der Waals surface area (Å²) in [7, 11) is -0.376. The van der Waals surface area contributed by atoms with Crippen LogP contribution in [0.25, 0.3) is 0 Å². The Balaban J connectivity index is 1.88. The lowest BCUT2D eigenvalue weighted by molar-refractivity contribution is 0.460. The summed E-state index contributed by atoms with van der Waals surface area (Å²) in [5, 5.41) is 0. The van der Waals surface area contributed by atoms with E-state index < -0.39 is 0 Å². The largest absolute Gasteiger partial charge is 0.0680 e. The molecule has 2 aliphatic carbocycles. The van der Waals surface area contributed by atoms with Gasteiger partial charge in [-0.3, -0.25) is 0 Å². The minimum atomic E-state index is -0.376. The first-order chi connectivity index (χ1) is 7.42. The van der Waals surface area contributed by atoms with E-state index in [2.05, 4.69) is 6.92 Å². The van der Waals surface area contributed by atoms with E-state index in [0.29, 0.717) is 0 Å². The van der Waals surface area contributed by atoms with Gasteiger partial charge >= 0.3 is 0 Å². The smallest absolute Gasteiger partial charge is 0.0427 e. The Morgan fingerprint density at radius 2 is 1.13 bits per heavy atom. The van der Waals surface area contributed by atoms with E-state index in [0.717, 1.165) is 0 Å². The lowest BCUT2D eigenvalue weighted by Gasteiger charge is -2.36. The van der Waals surface area contributed by atoms with Gasteiger partial charge in [-0.2, -0.15) is 0 Å². The zero-order valence-corrected chi connectivity index (χ0v) is 11.7. The van der Waals surface area contributed by atoms with Gasteiger partial charge in [0.05, 0.1) is 0 Å². The molecule has 2 saturated carbocycles. The van der Waals surface area contributed by atoms with Crippen LogP contribution in [0.5, 0.6) is 0 Å². The summed E-state index contributed by atoms with van der Waals surface area (Å²) in [5.74, 6) is 0. The minimum absolute atomic E-state index is 0.376. The third-order valence-corrected chi connectivity index (χ3v) is 9.68. The molecule has 0 bridgehead atoms. The topological polar surface area (TPSA) is 0 Å². The van der Waals surface area contributed by atoms with Crippen molar-refractivity contribution in [2.24, 2.45) is 0 Å². The molecule has 2 rings (SSSR count). The first-order valence-corrected chi connectivity index (χ1v) is 9.56. The van der Waals surface area contributed by atoms with Gasteiger partial charge in [0.1, 0.15) is 0 Å². The molecule has 0 radical (unpaired) electrons. The molecule has 0 N–H and O–H groups in total. The summed E-state index contributed by atoms with van der Waals surface area (Å²) in [6, 6.07) is 1.59. The van der Waals surface area contributed by atoms with Crippen LogP contribution in [0.1, 0.15) is 71.1 Å². The third-order valence-electron chi connectivity index (χ3n) is 4.98. The first-order valence-electron chi connectivity index (χ1n) is 7.42. The van der Waals surface area contributed by atoms with Crippen molar-refractivity contribution in [2.45, 2.75) is 88.3 Å². The summed E-state index contributed by atoms with van der Waals surface area (Å²) < 4.78 is 0. The van der Waals surface area contributed by atoms with Gasteiger partial charge in [-0.05, 0) is 11.1 Å². The van der Waals surface area contributed by atoms with Crippen molar-refractivity contribution < 1.29 is 0 Å². The molecule has 0 unspecified atom stereocenters. The minimum Gasteiger partial charge on any atom is -0.0680 e. The Morgan fingerprint density at radius 1 is 0.733 bits per heavy atom. The molecule has 0 aromatic heterocycles. The van der Waals surface area contributed by atoms with Crippen LogP contribution in [-0.4, -0.2) is 8.80 Å². The van der Waals surface area contributed by atoms with Crippen molar-refractivity contribution in [1.82, 2.24) is 0 Å². The van der Waals surface area contributed by atoms with Crippen LogP contribution in [0.2, 0.25) is 17.1 Å². The van der Waals surface area contributed by atoms with Crippen molar-refractivity contribution in [3.63, 3.8) is 0 Å². The molecule has 0 amide bonds. The summed E-state index contributed by atoms with van der Waals surface area (Å²) in [4.78, 5) is 0. The van der Waals surface area contributed by atoms with Crippen LogP contribution < -0.4 is 0 Å². The third kappa shape index (κ3) is 3.09. The molecular weight excluding hydrogens is 196 g/mol. The summed E-state index contributed by atoms with van der Waals surface area (Å²) in [6.07, 6.45) is 15.7. The summed E-state index contributed by atoms with van der Waals surface area (Å²) >= 11 is 0. The van der Waals surface area contributed by atoms with Gasteiger partial charge in [0.25, 0.3) is 0 Å². The highest BCUT2D eigenvalue weighted by Crippen LogP contribution is 2.42. The molecule has 0 aromatic rings. The van der Waals surface area contributed by atoms with Crippen LogP contribution >= 0.6 is 0 Å². The molecule has 0 spiro atoms. The molecule has 0 aliphatic heterocycles. The predicted octanol–water partition coefficient (Wildman–Crippen LogP) is 4.90. The van der Waals surface area contributed by atoms with E-state index in [-0.39, 0.29) is 8.80 Å². The Kier molecular flexibility index (Phi) is 4.74. The molecule has 0 heterocycles. The van der Waals surface area contributed by atoms with Crippen molar-refractivity contribution >= 4 is 8.80 Å². The molecule has 0 aromatic carbocycles. The first kappa shape index (κ1) is 11.7. The highest BCUT2D eigenvalue weighted by Gasteiger charge is 2.30. The zero-order valence-electron chi connectivity index (χ0n) is 10.5. The highest BCUT2D eigenvalue weighted by atomic mass is 28.3. The number of hydrogen-bond acceptors (Lipinski definition) is 0. The summed E-state index contributed by atoms with van der Waals surface area (Å²) in [6.45, 7) is 2.50. The van der Waals surface area contributed by atoms with Crippen molar-refractivity contribution in [3.8, 4) is 0 Å². The number of hydrogen-bond donors (Lipinski definition) is 0. The predicted molar refractivity (Wildman–Crippen MR) is 71.3 cm³/mol. The van der Waals surface area contributed by atoms with Crippen molar-refractivity contribution in [2.75, 3.05) is 0 Å². The van der Waals surface area contributed by atoms with Crippen LogP contribution in [0.15, 0.2) is 0 Å². The van der Waals surface area contributed by atoms with Crippen molar-refractivity contribution in [3.05, 3.63) is 0 Å². The SMILES string of the molecule is CC[SiH](C1CCCCC1)C1CCCCC1. The fourth-order valence-electron chi connectivity index (χ4n) is 4.18. The maximum atomic E-state index is 2.50. The molecule has 2 aliphatic rings. The van der Waals surface area contributed by atoms with Crippen LogP contribution in [0.3, 0.4) is 0 Å². The van der Waals surface area contributed by atoms with Gasteiger partial charge in [-0.25, -0.2) is 0 Å². The molecule has 88 valence electrons. The summed E-state index contributed by atoms with van der Waals surface area (Å²) in [5.41, 5.74) is 2.48.